The smallest absolute Gasteiger partial charge is 0.0976 e. The molecular weight excluding hydrogens is 264 g/mol. The van der Waals surface area contributed by atoms with Crippen LogP contribution in [0.25, 0.3) is 11.3 Å². The normalized spacial score (nSPS) is 12.7. The topological polar surface area (TPSA) is 24.9 Å². The summed E-state index contributed by atoms with van der Waals surface area (Å²) in [6.07, 6.45) is 0. The van der Waals surface area contributed by atoms with Gasteiger partial charge in [-0.1, -0.05) is 30.7 Å². The predicted octanol–water partition coefficient (Wildman–Crippen LogP) is 4.09. The summed E-state index contributed by atoms with van der Waals surface area (Å²) in [5, 5.41) is 5.12. The number of halogens is 1. The highest BCUT2D eigenvalue weighted by Crippen LogP contribution is 2.31. The van der Waals surface area contributed by atoms with Crippen molar-refractivity contribution in [2.75, 3.05) is 13.6 Å². The molecule has 1 aromatic heterocycles. The Kier molecular flexibility index (Phi) is 4.38. The van der Waals surface area contributed by atoms with Gasteiger partial charge < -0.3 is 5.32 Å². The number of aromatic nitrogens is 1. The van der Waals surface area contributed by atoms with Crippen LogP contribution < -0.4 is 5.32 Å². The first-order valence-electron chi connectivity index (χ1n) is 5.99. The van der Waals surface area contributed by atoms with Crippen LogP contribution in [-0.2, 0) is 0 Å². The summed E-state index contributed by atoms with van der Waals surface area (Å²) in [7, 11) is 1.97. The number of rotatable bonds is 4. The van der Waals surface area contributed by atoms with Crippen LogP contribution in [-0.4, -0.2) is 18.6 Å². The molecule has 0 aliphatic rings. The summed E-state index contributed by atoms with van der Waals surface area (Å²) >= 11 is 7.80. The molecular formula is C14H17ClN2S. The first-order valence-corrected chi connectivity index (χ1v) is 7.19. The SMILES string of the molecule is CNCC(C)c1nc(-c2cccc(Cl)c2)c(C)s1. The van der Waals surface area contributed by atoms with Crippen LogP contribution in [0, 0.1) is 6.92 Å². The lowest BCUT2D eigenvalue weighted by molar-refractivity contribution is 0.674. The molecule has 0 aliphatic heterocycles. The second-order valence-corrected chi connectivity index (χ2v) is 6.10. The molecule has 4 heteroatoms. The molecule has 1 aromatic carbocycles. The molecule has 2 nitrogen and oxygen atoms in total. The maximum Gasteiger partial charge on any atom is 0.0976 e. The number of likely N-dealkylation sites (N-methyl/N-ethyl adjacent to an activating group) is 1. The summed E-state index contributed by atoms with van der Waals surface area (Å²) in [5.74, 6) is 0.437. The van der Waals surface area contributed by atoms with E-state index in [1.807, 2.05) is 25.2 Å². The molecule has 0 bridgehead atoms. The summed E-state index contributed by atoms with van der Waals surface area (Å²) in [4.78, 5) is 6.01. The molecule has 0 saturated carbocycles. The molecule has 96 valence electrons. The third-order valence-electron chi connectivity index (χ3n) is 2.84. The number of nitrogens with zero attached hydrogens (tertiary/aromatic N) is 1. The van der Waals surface area contributed by atoms with Crippen molar-refractivity contribution in [3.8, 4) is 11.3 Å². The van der Waals surface area contributed by atoms with Gasteiger partial charge in [0.2, 0.25) is 0 Å². The second-order valence-electron chi connectivity index (χ2n) is 4.43. The quantitative estimate of drug-likeness (QED) is 0.912. The van der Waals surface area contributed by atoms with Crippen LogP contribution in [0.5, 0.6) is 0 Å². The van der Waals surface area contributed by atoms with E-state index in [4.69, 9.17) is 16.6 Å². The molecule has 0 fully saturated rings. The minimum Gasteiger partial charge on any atom is -0.319 e. The van der Waals surface area contributed by atoms with Gasteiger partial charge >= 0.3 is 0 Å². The zero-order valence-electron chi connectivity index (χ0n) is 10.8. The number of hydrogen-bond acceptors (Lipinski definition) is 3. The minimum atomic E-state index is 0.437. The average molecular weight is 281 g/mol. The van der Waals surface area contributed by atoms with Gasteiger partial charge in [0.25, 0.3) is 0 Å². The minimum absolute atomic E-state index is 0.437. The van der Waals surface area contributed by atoms with Crippen molar-refractivity contribution < 1.29 is 0 Å². The lowest BCUT2D eigenvalue weighted by atomic mass is 10.1. The Morgan fingerprint density at radius 1 is 1.44 bits per heavy atom. The van der Waals surface area contributed by atoms with Gasteiger partial charge in [0.05, 0.1) is 10.7 Å². The van der Waals surface area contributed by atoms with E-state index in [1.165, 1.54) is 9.88 Å². The monoisotopic (exact) mass is 280 g/mol. The standard InChI is InChI=1S/C14H17ClN2S/c1-9(8-16-3)14-17-13(10(2)18-14)11-5-4-6-12(15)7-11/h4-7,9,16H,8H2,1-3H3. The average Bonchev–Trinajstić information content (AvgIpc) is 2.72. The van der Waals surface area contributed by atoms with Gasteiger partial charge in [-0.05, 0) is 26.1 Å². The second kappa shape index (κ2) is 5.83. The largest absolute Gasteiger partial charge is 0.319 e. The number of benzene rings is 1. The van der Waals surface area contributed by atoms with Crippen molar-refractivity contribution in [1.82, 2.24) is 10.3 Å². The molecule has 0 radical (unpaired) electrons. The highest BCUT2D eigenvalue weighted by molar-refractivity contribution is 7.12. The van der Waals surface area contributed by atoms with Crippen molar-refractivity contribution in [3.05, 3.63) is 39.2 Å². The zero-order chi connectivity index (χ0) is 13.1. The van der Waals surface area contributed by atoms with Gasteiger partial charge in [-0.2, -0.15) is 0 Å². The highest BCUT2D eigenvalue weighted by atomic mass is 35.5. The van der Waals surface area contributed by atoms with Gasteiger partial charge in [0, 0.05) is 27.9 Å². The molecule has 1 heterocycles. The first-order chi connectivity index (χ1) is 8.61. The Morgan fingerprint density at radius 3 is 2.89 bits per heavy atom. The molecule has 2 aromatic rings. The first kappa shape index (κ1) is 13.5. The van der Waals surface area contributed by atoms with Crippen molar-refractivity contribution >= 4 is 22.9 Å². The van der Waals surface area contributed by atoms with Crippen molar-refractivity contribution in [2.45, 2.75) is 19.8 Å². The van der Waals surface area contributed by atoms with Gasteiger partial charge in [-0.15, -0.1) is 11.3 Å². The van der Waals surface area contributed by atoms with E-state index in [0.717, 1.165) is 22.8 Å². The summed E-state index contributed by atoms with van der Waals surface area (Å²) < 4.78 is 0. The lowest BCUT2D eigenvalue weighted by Crippen LogP contribution is -2.14. The maximum atomic E-state index is 6.03. The van der Waals surface area contributed by atoms with E-state index in [2.05, 4.69) is 25.2 Å². The number of nitrogens with one attached hydrogen (secondary N) is 1. The molecule has 2 rings (SSSR count). The van der Waals surface area contributed by atoms with Crippen LogP contribution in [0.1, 0.15) is 22.7 Å². The van der Waals surface area contributed by atoms with E-state index in [1.54, 1.807) is 11.3 Å². The fourth-order valence-corrected chi connectivity index (χ4v) is 3.11. The molecule has 1 unspecified atom stereocenters. The molecule has 18 heavy (non-hydrogen) atoms. The number of thiazole rings is 1. The van der Waals surface area contributed by atoms with Gasteiger partial charge in [0.1, 0.15) is 0 Å². The lowest BCUT2D eigenvalue weighted by Gasteiger charge is -2.05. The fraction of sp³-hybridized carbons (Fsp3) is 0.357. The van der Waals surface area contributed by atoms with Crippen LogP contribution in [0.4, 0.5) is 0 Å². The highest BCUT2D eigenvalue weighted by Gasteiger charge is 2.14. The molecule has 0 saturated heterocycles. The predicted molar refractivity (Wildman–Crippen MR) is 79.6 cm³/mol. The summed E-state index contributed by atoms with van der Waals surface area (Å²) in [5.41, 5.74) is 2.15. The number of aryl methyl sites for hydroxylation is 1. The Balaban J connectivity index is 2.35. The van der Waals surface area contributed by atoms with Crippen molar-refractivity contribution in [3.63, 3.8) is 0 Å². The maximum absolute atomic E-state index is 6.03. The van der Waals surface area contributed by atoms with Crippen LogP contribution in [0.2, 0.25) is 5.02 Å². The molecule has 0 amide bonds. The van der Waals surface area contributed by atoms with Crippen molar-refractivity contribution in [1.29, 1.82) is 0 Å². The molecule has 1 atom stereocenters. The van der Waals surface area contributed by atoms with E-state index < -0.39 is 0 Å². The Labute approximate surface area is 117 Å². The van der Waals surface area contributed by atoms with Gasteiger partial charge in [0.15, 0.2) is 0 Å². The zero-order valence-corrected chi connectivity index (χ0v) is 12.4. The third-order valence-corrected chi connectivity index (χ3v) is 4.28. The fourth-order valence-electron chi connectivity index (χ4n) is 1.92. The van der Waals surface area contributed by atoms with E-state index >= 15 is 0 Å². The van der Waals surface area contributed by atoms with Crippen LogP contribution >= 0.6 is 22.9 Å². The van der Waals surface area contributed by atoms with Crippen LogP contribution in [0.15, 0.2) is 24.3 Å². The Hall–Kier alpha value is -0.900. The van der Waals surface area contributed by atoms with E-state index in [-0.39, 0.29) is 0 Å². The molecule has 0 aliphatic carbocycles. The Bertz CT molecular complexity index is 536. The third kappa shape index (κ3) is 2.91. The van der Waals surface area contributed by atoms with Crippen molar-refractivity contribution in [2.24, 2.45) is 0 Å². The van der Waals surface area contributed by atoms with Crippen LogP contribution in [0.3, 0.4) is 0 Å². The molecule has 0 spiro atoms. The van der Waals surface area contributed by atoms with E-state index in [9.17, 15) is 0 Å². The number of hydrogen-bond donors (Lipinski definition) is 1. The van der Waals surface area contributed by atoms with E-state index in [0.29, 0.717) is 5.92 Å². The van der Waals surface area contributed by atoms with Gasteiger partial charge in [-0.25, -0.2) is 4.98 Å². The summed E-state index contributed by atoms with van der Waals surface area (Å²) in [6.45, 7) is 5.25. The molecule has 1 N–H and O–H groups in total. The Morgan fingerprint density at radius 2 is 2.22 bits per heavy atom. The van der Waals surface area contributed by atoms with Gasteiger partial charge in [-0.3, -0.25) is 0 Å². The summed E-state index contributed by atoms with van der Waals surface area (Å²) in [6, 6.07) is 7.88.